The van der Waals surface area contributed by atoms with Gasteiger partial charge in [0.2, 0.25) is 0 Å². The Morgan fingerprint density at radius 1 is 0.727 bits per heavy atom. The van der Waals surface area contributed by atoms with E-state index in [1.807, 2.05) is 36.4 Å². The van der Waals surface area contributed by atoms with Crippen LogP contribution < -0.4 is 0 Å². The molecule has 0 radical (unpaired) electrons. The van der Waals surface area contributed by atoms with Gasteiger partial charge in [-0.05, 0) is 41.8 Å². The molecule has 0 bridgehead atoms. The van der Waals surface area contributed by atoms with Gasteiger partial charge in [-0.1, -0.05) is 30.3 Å². The molecule has 0 saturated carbocycles. The van der Waals surface area contributed by atoms with Gasteiger partial charge in [0.05, 0.1) is 16.6 Å². The van der Waals surface area contributed by atoms with Gasteiger partial charge in [0.25, 0.3) is 0 Å². The largest absolute Gasteiger partial charge is 0.508 e. The van der Waals surface area contributed by atoms with E-state index in [0.29, 0.717) is 0 Å². The first-order valence-corrected chi connectivity index (χ1v) is 7.23. The molecule has 0 aliphatic rings. The van der Waals surface area contributed by atoms with E-state index in [4.69, 9.17) is 4.98 Å². The van der Waals surface area contributed by atoms with E-state index in [2.05, 4.69) is 22.6 Å². The van der Waals surface area contributed by atoms with E-state index < -0.39 is 0 Å². The maximum Gasteiger partial charge on any atom is 0.146 e. The highest BCUT2D eigenvalue weighted by Crippen LogP contribution is 2.33. The van der Waals surface area contributed by atoms with E-state index in [9.17, 15) is 5.11 Å². The molecule has 2 aromatic heterocycles. The van der Waals surface area contributed by atoms with E-state index in [-0.39, 0.29) is 5.75 Å². The second-order valence-electron chi connectivity index (χ2n) is 5.51. The standard InChI is InChI=1S/C19H12N2O/c22-12-9-10-13-14-5-1-3-7-17(14)21-18-8-4-2-6-16(18)20-19(21)15(13)11-12/h1-11,22H. The quantitative estimate of drug-likeness (QED) is 0.425. The first kappa shape index (κ1) is 11.6. The summed E-state index contributed by atoms with van der Waals surface area (Å²) in [5.74, 6) is 0.261. The lowest BCUT2D eigenvalue weighted by Gasteiger charge is -2.09. The third kappa shape index (κ3) is 1.37. The fraction of sp³-hybridized carbons (Fsp3) is 0. The average molecular weight is 284 g/mol. The van der Waals surface area contributed by atoms with Crippen molar-refractivity contribution >= 4 is 38.4 Å². The first-order chi connectivity index (χ1) is 10.8. The SMILES string of the molecule is Oc1ccc2c3ccccc3n3c4ccccc4nc3c2c1. The van der Waals surface area contributed by atoms with Crippen molar-refractivity contribution in [1.29, 1.82) is 0 Å². The van der Waals surface area contributed by atoms with Gasteiger partial charge in [-0.3, -0.25) is 4.40 Å². The van der Waals surface area contributed by atoms with Crippen LogP contribution in [0, 0.1) is 0 Å². The lowest BCUT2D eigenvalue weighted by Crippen LogP contribution is -1.91. The van der Waals surface area contributed by atoms with Gasteiger partial charge in [0.15, 0.2) is 0 Å². The van der Waals surface area contributed by atoms with Crippen molar-refractivity contribution in [1.82, 2.24) is 9.38 Å². The van der Waals surface area contributed by atoms with Gasteiger partial charge in [-0.2, -0.15) is 0 Å². The van der Waals surface area contributed by atoms with E-state index in [1.165, 1.54) is 0 Å². The molecule has 3 heteroatoms. The summed E-state index contributed by atoms with van der Waals surface area (Å²) >= 11 is 0. The van der Waals surface area contributed by atoms with Crippen LogP contribution in [0.1, 0.15) is 0 Å². The number of nitrogens with zero attached hydrogens (tertiary/aromatic N) is 2. The number of benzene rings is 3. The van der Waals surface area contributed by atoms with Gasteiger partial charge in [-0.25, -0.2) is 4.98 Å². The molecule has 0 aliphatic carbocycles. The number of hydrogen-bond donors (Lipinski definition) is 1. The smallest absolute Gasteiger partial charge is 0.146 e. The van der Waals surface area contributed by atoms with Crippen LogP contribution in [-0.4, -0.2) is 14.5 Å². The van der Waals surface area contributed by atoms with Gasteiger partial charge in [0.1, 0.15) is 11.4 Å². The summed E-state index contributed by atoms with van der Waals surface area (Å²) in [5.41, 5.74) is 4.05. The second-order valence-corrected chi connectivity index (χ2v) is 5.51. The normalized spacial score (nSPS) is 11.8. The third-order valence-electron chi connectivity index (χ3n) is 4.24. The first-order valence-electron chi connectivity index (χ1n) is 7.23. The van der Waals surface area contributed by atoms with Crippen molar-refractivity contribution < 1.29 is 5.11 Å². The molecule has 0 fully saturated rings. The minimum Gasteiger partial charge on any atom is -0.508 e. The Bertz CT molecular complexity index is 1190. The van der Waals surface area contributed by atoms with Gasteiger partial charge in [0, 0.05) is 10.8 Å². The number of aromatic nitrogens is 2. The number of rotatable bonds is 0. The van der Waals surface area contributed by atoms with E-state index >= 15 is 0 Å². The molecular weight excluding hydrogens is 272 g/mol. The molecular formula is C19H12N2O. The number of fused-ring (bicyclic) bond motifs is 8. The highest BCUT2D eigenvalue weighted by atomic mass is 16.3. The summed E-state index contributed by atoms with van der Waals surface area (Å²) < 4.78 is 2.17. The molecule has 5 rings (SSSR count). The summed E-state index contributed by atoms with van der Waals surface area (Å²) in [6.07, 6.45) is 0. The highest BCUT2D eigenvalue weighted by molar-refractivity contribution is 6.14. The zero-order chi connectivity index (χ0) is 14.7. The van der Waals surface area contributed by atoms with Crippen LogP contribution in [0.4, 0.5) is 0 Å². The Morgan fingerprint density at radius 2 is 1.50 bits per heavy atom. The summed E-state index contributed by atoms with van der Waals surface area (Å²) in [5, 5.41) is 13.1. The molecule has 0 saturated heterocycles. The molecule has 2 heterocycles. The molecule has 3 nitrogen and oxygen atoms in total. The predicted molar refractivity (Wildman–Crippen MR) is 89.4 cm³/mol. The maximum absolute atomic E-state index is 9.90. The van der Waals surface area contributed by atoms with Gasteiger partial charge in [-0.15, -0.1) is 0 Å². The topological polar surface area (TPSA) is 37.5 Å². The Kier molecular flexibility index (Phi) is 2.09. The number of hydrogen-bond acceptors (Lipinski definition) is 2. The monoisotopic (exact) mass is 284 g/mol. The number of para-hydroxylation sites is 3. The van der Waals surface area contributed by atoms with Crippen LogP contribution in [0.5, 0.6) is 5.75 Å². The Morgan fingerprint density at radius 3 is 2.41 bits per heavy atom. The Balaban J connectivity index is 2.23. The molecule has 1 N–H and O–H groups in total. The zero-order valence-electron chi connectivity index (χ0n) is 11.7. The van der Waals surface area contributed by atoms with Crippen LogP contribution in [0.15, 0.2) is 66.7 Å². The Labute approximate surface area is 126 Å². The lowest BCUT2D eigenvalue weighted by molar-refractivity contribution is 0.476. The molecule has 104 valence electrons. The summed E-state index contributed by atoms with van der Waals surface area (Å²) in [7, 11) is 0. The fourth-order valence-corrected chi connectivity index (χ4v) is 3.30. The fourth-order valence-electron chi connectivity index (χ4n) is 3.30. The number of phenols is 1. The number of aromatic hydroxyl groups is 1. The van der Waals surface area contributed by atoms with Gasteiger partial charge < -0.3 is 5.11 Å². The van der Waals surface area contributed by atoms with E-state index in [0.717, 1.165) is 38.4 Å². The van der Waals surface area contributed by atoms with Crippen molar-refractivity contribution in [3.8, 4) is 5.75 Å². The minimum atomic E-state index is 0.261. The maximum atomic E-state index is 9.90. The van der Waals surface area contributed by atoms with Crippen LogP contribution in [0.25, 0.3) is 38.4 Å². The van der Waals surface area contributed by atoms with Crippen molar-refractivity contribution in [2.75, 3.05) is 0 Å². The van der Waals surface area contributed by atoms with Crippen molar-refractivity contribution in [2.24, 2.45) is 0 Å². The van der Waals surface area contributed by atoms with Crippen molar-refractivity contribution in [3.05, 3.63) is 66.7 Å². The molecule has 0 spiro atoms. The van der Waals surface area contributed by atoms with Gasteiger partial charge >= 0.3 is 0 Å². The molecule has 0 unspecified atom stereocenters. The third-order valence-corrected chi connectivity index (χ3v) is 4.24. The minimum absolute atomic E-state index is 0.261. The van der Waals surface area contributed by atoms with E-state index in [1.54, 1.807) is 12.1 Å². The van der Waals surface area contributed by atoms with Crippen molar-refractivity contribution in [2.45, 2.75) is 0 Å². The summed E-state index contributed by atoms with van der Waals surface area (Å²) in [6, 6.07) is 21.9. The molecule has 0 amide bonds. The molecule has 5 aromatic rings. The van der Waals surface area contributed by atoms with Crippen LogP contribution in [-0.2, 0) is 0 Å². The number of pyridine rings is 1. The predicted octanol–water partition coefficient (Wildman–Crippen LogP) is 4.50. The summed E-state index contributed by atoms with van der Waals surface area (Å²) in [4.78, 5) is 4.79. The molecule has 0 aliphatic heterocycles. The molecule has 22 heavy (non-hydrogen) atoms. The van der Waals surface area contributed by atoms with Crippen LogP contribution in [0.2, 0.25) is 0 Å². The average Bonchev–Trinajstić information content (AvgIpc) is 2.95. The Hall–Kier alpha value is -3.07. The second kappa shape index (κ2) is 3.98. The number of imidazole rings is 1. The molecule has 3 aromatic carbocycles. The summed E-state index contributed by atoms with van der Waals surface area (Å²) in [6.45, 7) is 0. The zero-order valence-corrected chi connectivity index (χ0v) is 11.7. The highest BCUT2D eigenvalue weighted by Gasteiger charge is 2.13. The van der Waals surface area contributed by atoms with Crippen LogP contribution in [0.3, 0.4) is 0 Å². The van der Waals surface area contributed by atoms with Crippen molar-refractivity contribution in [3.63, 3.8) is 0 Å². The molecule has 0 atom stereocenters. The number of phenolic OH excluding ortho intramolecular Hbond substituents is 1. The lowest BCUT2D eigenvalue weighted by atomic mass is 10.1. The van der Waals surface area contributed by atoms with Crippen LogP contribution >= 0.6 is 0 Å².